The van der Waals surface area contributed by atoms with Crippen molar-refractivity contribution in [3.05, 3.63) is 78.0 Å². The molecule has 0 radical (unpaired) electrons. The molecule has 0 amide bonds. The van der Waals surface area contributed by atoms with Crippen LogP contribution in [-0.2, 0) is 6.42 Å². The molecule has 1 aliphatic heterocycles. The van der Waals surface area contributed by atoms with E-state index in [1.807, 2.05) is 6.20 Å². The van der Waals surface area contributed by atoms with Gasteiger partial charge in [0.25, 0.3) is 0 Å². The van der Waals surface area contributed by atoms with Crippen molar-refractivity contribution in [2.45, 2.75) is 65.7 Å². The highest BCUT2D eigenvalue weighted by atomic mass is 16.5. The Balaban J connectivity index is 1.43. The number of ether oxygens (including phenoxy) is 1. The van der Waals surface area contributed by atoms with E-state index in [1.54, 1.807) is 0 Å². The Morgan fingerprint density at radius 1 is 0.892 bits per heavy atom. The molecule has 2 aliphatic rings. The maximum Gasteiger partial charge on any atom is 0.140 e. The number of hydrogen-bond acceptors (Lipinski definition) is 2. The summed E-state index contributed by atoms with van der Waals surface area (Å²) < 4.78 is 6.87. The topological polar surface area (TPSA) is 22.1 Å². The summed E-state index contributed by atoms with van der Waals surface area (Å²) in [6.45, 7) is 9.40. The lowest BCUT2D eigenvalue weighted by Gasteiger charge is -2.34. The standard InChI is InChI=1S/C35H35NO/c1-21(2)17-29-26-8-6-5-7-24(26)19-30-33-32-28(13-16-36-33)27-10-9-23(22-11-14-35(3,4)15-12-22)18-25(27)20-31(32)37-34(29)30/h5-10,13,16,18-22H,11-12,14-15,17H2,1-4H3. The van der Waals surface area contributed by atoms with Crippen LogP contribution in [0, 0.1) is 11.3 Å². The van der Waals surface area contributed by atoms with Crippen LogP contribution in [0.15, 0.2) is 66.9 Å². The van der Waals surface area contributed by atoms with Gasteiger partial charge in [0.15, 0.2) is 0 Å². The number of hydrogen-bond donors (Lipinski definition) is 0. The average Bonchev–Trinajstić information content (AvgIpc) is 2.89. The lowest BCUT2D eigenvalue weighted by molar-refractivity contribution is 0.224. The van der Waals surface area contributed by atoms with Crippen LogP contribution >= 0.6 is 0 Å². The number of aromatic nitrogens is 1. The smallest absolute Gasteiger partial charge is 0.140 e. The highest BCUT2D eigenvalue weighted by Gasteiger charge is 2.29. The Labute approximate surface area is 219 Å². The number of pyridine rings is 1. The summed E-state index contributed by atoms with van der Waals surface area (Å²) in [5.74, 6) is 3.12. The highest BCUT2D eigenvalue weighted by Crippen LogP contribution is 2.51. The van der Waals surface area contributed by atoms with E-state index in [-0.39, 0.29) is 0 Å². The molecule has 37 heavy (non-hydrogen) atoms. The Morgan fingerprint density at radius 2 is 1.70 bits per heavy atom. The molecule has 186 valence electrons. The van der Waals surface area contributed by atoms with E-state index in [1.165, 1.54) is 63.7 Å². The third-order valence-corrected chi connectivity index (χ3v) is 8.84. The van der Waals surface area contributed by atoms with Gasteiger partial charge in [-0.1, -0.05) is 70.2 Å². The summed E-state index contributed by atoms with van der Waals surface area (Å²) in [5.41, 5.74) is 5.42. The molecule has 0 N–H and O–H groups in total. The molecular weight excluding hydrogens is 450 g/mol. The van der Waals surface area contributed by atoms with E-state index in [0.29, 0.717) is 17.3 Å². The first kappa shape index (κ1) is 22.8. The molecule has 1 aliphatic carbocycles. The first-order valence-electron chi connectivity index (χ1n) is 14.0. The van der Waals surface area contributed by atoms with Gasteiger partial charge in [0, 0.05) is 17.3 Å². The fourth-order valence-corrected chi connectivity index (χ4v) is 6.78. The Kier molecular flexibility index (Phi) is 5.12. The summed E-state index contributed by atoms with van der Waals surface area (Å²) >= 11 is 0. The van der Waals surface area contributed by atoms with Crippen LogP contribution in [0.1, 0.15) is 70.4 Å². The van der Waals surface area contributed by atoms with E-state index in [4.69, 9.17) is 9.72 Å². The van der Waals surface area contributed by atoms with Gasteiger partial charge in [0.05, 0.1) is 11.1 Å². The van der Waals surface area contributed by atoms with Gasteiger partial charge in [0.2, 0.25) is 0 Å². The first-order valence-corrected chi connectivity index (χ1v) is 14.0. The van der Waals surface area contributed by atoms with Crippen molar-refractivity contribution in [1.29, 1.82) is 0 Å². The van der Waals surface area contributed by atoms with Crippen LogP contribution in [0.4, 0.5) is 0 Å². The van der Waals surface area contributed by atoms with Crippen molar-refractivity contribution in [2.24, 2.45) is 11.3 Å². The Morgan fingerprint density at radius 3 is 2.51 bits per heavy atom. The molecule has 1 fully saturated rings. The van der Waals surface area contributed by atoms with Crippen molar-refractivity contribution < 1.29 is 4.74 Å². The van der Waals surface area contributed by atoms with Crippen LogP contribution in [0.25, 0.3) is 43.6 Å². The third-order valence-electron chi connectivity index (χ3n) is 8.84. The zero-order chi connectivity index (χ0) is 25.3. The van der Waals surface area contributed by atoms with Crippen molar-refractivity contribution in [3.8, 4) is 22.8 Å². The van der Waals surface area contributed by atoms with Crippen LogP contribution in [0.3, 0.4) is 0 Å². The van der Waals surface area contributed by atoms with Gasteiger partial charge < -0.3 is 4.74 Å². The van der Waals surface area contributed by atoms with Gasteiger partial charge in [-0.2, -0.15) is 0 Å². The van der Waals surface area contributed by atoms with E-state index in [2.05, 4.69) is 88.4 Å². The summed E-state index contributed by atoms with van der Waals surface area (Å²) in [6, 6.07) is 22.6. The number of fused-ring (bicyclic) bond motifs is 5. The molecule has 0 unspecified atom stereocenters. The van der Waals surface area contributed by atoms with Crippen molar-refractivity contribution in [1.82, 2.24) is 4.98 Å². The molecule has 1 aromatic heterocycles. The summed E-state index contributed by atoms with van der Waals surface area (Å²) in [5, 5.41) is 7.48. The van der Waals surface area contributed by atoms with E-state index < -0.39 is 0 Å². The predicted octanol–water partition coefficient (Wildman–Crippen LogP) is 10.2. The maximum atomic E-state index is 6.87. The van der Waals surface area contributed by atoms with Crippen LogP contribution in [0.5, 0.6) is 11.5 Å². The molecule has 7 rings (SSSR count). The summed E-state index contributed by atoms with van der Waals surface area (Å²) in [4.78, 5) is 4.94. The maximum absolute atomic E-state index is 6.87. The molecule has 4 aromatic carbocycles. The zero-order valence-corrected chi connectivity index (χ0v) is 22.4. The molecule has 0 spiro atoms. The second kappa shape index (κ2) is 8.31. The fourth-order valence-electron chi connectivity index (χ4n) is 6.78. The van der Waals surface area contributed by atoms with Crippen molar-refractivity contribution in [2.75, 3.05) is 0 Å². The SMILES string of the molecule is CC(C)Cc1c2c(cc3ccccc13)-c1nccc3c1c(cc1cc(C4CCC(C)(C)CC4)ccc13)O2. The van der Waals surface area contributed by atoms with Crippen LogP contribution in [-0.4, -0.2) is 4.98 Å². The quantitative estimate of drug-likeness (QED) is 0.233. The molecule has 0 atom stereocenters. The largest absolute Gasteiger partial charge is 0.456 e. The fraction of sp³-hybridized carbons (Fsp3) is 0.343. The van der Waals surface area contributed by atoms with Crippen LogP contribution in [0.2, 0.25) is 0 Å². The predicted molar refractivity (Wildman–Crippen MR) is 156 cm³/mol. The molecule has 5 aromatic rings. The second-order valence-electron chi connectivity index (χ2n) is 12.5. The minimum atomic E-state index is 0.482. The average molecular weight is 486 g/mol. The lowest BCUT2D eigenvalue weighted by Crippen LogP contribution is -2.20. The van der Waals surface area contributed by atoms with Crippen molar-refractivity contribution >= 4 is 32.3 Å². The van der Waals surface area contributed by atoms with E-state index in [9.17, 15) is 0 Å². The molecule has 2 nitrogen and oxygen atoms in total. The molecule has 2 heteroatoms. The summed E-state index contributed by atoms with van der Waals surface area (Å²) in [6.07, 6.45) is 8.13. The Hall–Kier alpha value is -3.39. The minimum Gasteiger partial charge on any atom is -0.456 e. The lowest BCUT2D eigenvalue weighted by atomic mass is 9.71. The molecule has 2 heterocycles. The Bertz CT molecular complexity index is 1680. The monoisotopic (exact) mass is 485 g/mol. The molecule has 0 saturated heterocycles. The van der Waals surface area contributed by atoms with Gasteiger partial charge in [-0.3, -0.25) is 4.98 Å². The number of rotatable bonds is 3. The molecule has 0 bridgehead atoms. The van der Waals surface area contributed by atoms with Gasteiger partial charge in [-0.15, -0.1) is 0 Å². The molecular formula is C35H35NO. The van der Waals surface area contributed by atoms with Crippen LogP contribution < -0.4 is 4.74 Å². The van der Waals surface area contributed by atoms with Gasteiger partial charge in [-0.05, 0) is 100 Å². The number of benzene rings is 4. The van der Waals surface area contributed by atoms with Gasteiger partial charge in [-0.25, -0.2) is 0 Å². The number of nitrogens with zero attached hydrogens (tertiary/aromatic N) is 1. The normalized spacial score (nSPS) is 16.9. The summed E-state index contributed by atoms with van der Waals surface area (Å²) in [7, 11) is 0. The van der Waals surface area contributed by atoms with E-state index in [0.717, 1.165) is 34.6 Å². The minimum absolute atomic E-state index is 0.482. The third kappa shape index (κ3) is 3.72. The second-order valence-corrected chi connectivity index (χ2v) is 12.5. The van der Waals surface area contributed by atoms with Crippen molar-refractivity contribution in [3.63, 3.8) is 0 Å². The molecule has 1 saturated carbocycles. The van der Waals surface area contributed by atoms with Gasteiger partial charge >= 0.3 is 0 Å². The van der Waals surface area contributed by atoms with Gasteiger partial charge in [0.1, 0.15) is 11.5 Å². The highest BCUT2D eigenvalue weighted by molar-refractivity contribution is 6.16. The van der Waals surface area contributed by atoms with E-state index >= 15 is 0 Å². The first-order chi connectivity index (χ1) is 17.9. The zero-order valence-electron chi connectivity index (χ0n) is 22.4.